The van der Waals surface area contributed by atoms with E-state index >= 15 is 0 Å². The van der Waals surface area contributed by atoms with Crippen molar-refractivity contribution in [3.8, 4) is 0 Å². The zero-order valence-corrected chi connectivity index (χ0v) is 8.00. The molecule has 2 saturated heterocycles. The van der Waals surface area contributed by atoms with Crippen LogP contribution in [0.2, 0.25) is 0 Å². The van der Waals surface area contributed by atoms with Crippen molar-refractivity contribution in [1.29, 1.82) is 0 Å². The fraction of sp³-hybridized carbons (Fsp3) is 1.00. The van der Waals surface area contributed by atoms with Crippen molar-refractivity contribution in [2.24, 2.45) is 5.14 Å². The van der Waals surface area contributed by atoms with Crippen LogP contribution in [0.3, 0.4) is 0 Å². The average molecular weight is 207 g/mol. The minimum atomic E-state index is -3.42. The summed E-state index contributed by atoms with van der Waals surface area (Å²) in [6, 6.07) is 0. The predicted molar refractivity (Wildman–Crippen MR) is 45.6 cm³/mol. The van der Waals surface area contributed by atoms with E-state index in [1.165, 1.54) is 0 Å². The number of rotatable bonds is 2. The van der Waals surface area contributed by atoms with Gasteiger partial charge in [0.25, 0.3) is 0 Å². The predicted octanol–water partition coefficient (Wildman–Crippen LogP) is -0.779. The van der Waals surface area contributed by atoms with Gasteiger partial charge in [0.15, 0.2) is 0 Å². The van der Waals surface area contributed by atoms with Crippen LogP contribution in [0, 0.1) is 0 Å². The fourth-order valence-corrected chi connectivity index (χ4v) is 2.67. The molecule has 6 heteroatoms. The number of nitrogens with two attached hydrogens (primary N) is 1. The van der Waals surface area contributed by atoms with E-state index in [9.17, 15) is 8.42 Å². The van der Waals surface area contributed by atoms with Crippen molar-refractivity contribution >= 4 is 10.0 Å². The molecule has 3 atom stereocenters. The van der Waals surface area contributed by atoms with Crippen molar-refractivity contribution < 1.29 is 17.9 Å². The number of ether oxygens (including phenoxy) is 2. The third-order valence-electron chi connectivity index (χ3n) is 2.43. The van der Waals surface area contributed by atoms with Gasteiger partial charge in [0.1, 0.15) is 0 Å². The molecule has 13 heavy (non-hydrogen) atoms. The van der Waals surface area contributed by atoms with Crippen LogP contribution in [-0.4, -0.2) is 39.1 Å². The molecular formula is C7H13NO4S. The fourth-order valence-electron chi connectivity index (χ4n) is 1.93. The lowest BCUT2D eigenvalue weighted by Crippen LogP contribution is -2.27. The first-order valence-electron chi connectivity index (χ1n) is 4.32. The highest BCUT2D eigenvalue weighted by Gasteiger charge is 2.40. The van der Waals surface area contributed by atoms with Crippen molar-refractivity contribution in [1.82, 2.24) is 0 Å². The normalized spacial score (nSPS) is 39.3. The standard InChI is InChI=1S/C7H13NO4S/c8-13(9,10)4-5-3-7-6(12-5)1-2-11-7/h5-7H,1-4H2,(H2,8,9,10)/t5-,6+,7+/m0/s1. The Kier molecular flexibility index (Phi) is 2.31. The summed E-state index contributed by atoms with van der Waals surface area (Å²) in [7, 11) is -3.42. The first-order chi connectivity index (χ1) is 6.04. The van der Waals surface area contributed by atoms with E-state index in [0.717, 1.165) is 13.0 Å². The van der Waals surface area contributed by atoms with Crippen molar-refractivity contribution in [2.45, 2.75) is 31.2 Å². The molecule has 2 rings (SSSR count). The molecule has 2 aliphatic heterocycles. The SMILES string of the molecule is NS(=O)(=O)C[C@@H]1C[C@H]2OCC[C@H]2O1. The van der Waals surface area contributed by atoms with Gasteiger partial charge in [-0.25, -0.2) is 13.6 Å². The maximum absolute atomic E-state index is 10.8. The van der Waals surface area contributed by atoms with Gasteiger partial charge < -0.3 is 9.47 Å². The Morgan fingerprint density at radius 1 is 1.38 bits per heavy atom. The minimum Gasteiger partial charge on any atom is -0.375 e. The molecule has 0 bridgehead atoms. The molecular weight excluding hydrogens is 194 g/mol. The topological polar surface area (TPSA) is 78.6 Å². The van der Waals surface area contributed by atoms with E-state index in [4.69, 9.17) is 14.6 Å². The quantitative estimate of drug-likeness (QED) is 0.644. The first-order valence-corrected chi connectivity index (χ1v) is 6.04. The van der Waals surface area contributed by atoms with Crippen LogP contribution in [0.4, 0.5) is 0 Å². The lowest BCUT2D eigenvalue weighted by Gasteiger charge is -2.09. The Hall–Kier alpha value is -0.170. The second-order valence-electron chi connectivity index (χ2n) is 3.56. The summed E-state index contributed by atoms with van der Waals surface area (Å²) in [6.07, 6.45) is 1.43. The second kappa shape index (κ2) is 3.20. The van der Waals surface area contributed by atoms with E-state index < -0.39 is 10.0 Å². The van der Waals surface area contributed by atoms with Crippen LogP contribution in [-0.2, 0) is 19.5 Å². The molecule has 0 radical (unpaired) electrons. The zero-order chi connectivity index (χ0) is 9.47. The summed E-state index contributed by atoms with van der Waals surface area (Å²) in [5.74, 6) is -0.0939. The molecule has 0 aromatic rings. The third kappa shape index (κ3) is 2.19. The van der Waals surface area contributed by atoms with E-state index in [0.29, 0.717) is 6.42 Å². The highest BCUT2D eigenvalue weighted by atomic mass is 32.2. The molecule has 0 unspecified atom stereocenters. The maximum Gasteiger partial charge on any atom is 0.211 e. The molecule has 2 fully saturated rings. The van der Waals surface area contributed by atoms with Crippen molar-refractivity contribution in [2.75, 3.05) is 12.4 Å². The van der Waals surface area contributed by atoms with Crippen molar-refractivity contribution in [3.63, 3.8) is 0 Å². The highest BCUT2D eigenvalue weighted by Crippen LogP contribution is 2.30. The Morgan fingerprint density at radius 2 is 2.15 bits per heavy atom. The second-order valence-corrected chi connectivity index (χ2v) is 5.22. The highest BCUT2D eigenvalue weighted by molar-refractivity contribution is 7.89. The third-order valence-corrected chi connectivity index (χ3v) is 3.27. The summed E-state index contributed by atoms with van der Waals surface area (Å²) in [5, 5.41) is 4.92. The Labute approximate surface area is 77.2 Å². The summed E-state index contributed by atoms with van der Waals surface area (Å²) in [5.41, 5.74) is 0. The van der Waals surface area contributed by atoms with Gasteiger partial charge in [0.2, 0.25) is 10.0 Å². The molecule has 0 aliphatic carbocycles. The van der Waals surface area contributed by atoms with Gasteiger partial charge in [-0.2, -0.15) is 0 Å². The number of hydrogen-bond donors (Lipinski definition) is 1. The zero-order valence-electron chi connectivity index (χ0n) is 7.18. The van der Waals surface area contributed by atoms with Crippen LogP contribution < -0.4 is 5.14 Å². The van der Waals surface area contributed by atoms with Crippen LogP contribution in [0.1, 0.15) is 12.8 Å². The Morgan fingerprint density at radius 3 is 2.77 bits per heavy atom. The average Bonchev–Trinajstić information content (AvgIpc) is 2.40. The molecule has 5 nitrogen and oxygen atoms in total. The lowest BCUT2D eigenvalue weighted by molar-refractivity contribution is 0.0478. The van der Waals surface area contributed by atoms with Gasteiger partial charge in [-0.15, -0.1) is 0 Å². The van der Waals surface area contributed by atoms with Crippen LogP contribution >= 0.6 is 0 Å². The Bertz CT molecular complexity index is 277. The van der Waals surface area contributed by atoms with E-state index in [1.54, 1.807) is 0 Å². The van der Waals surface area contributed by atoms with Gasteiger partial charge in [-0.05, 0) is 6.42 Å². The summed E-state index contributed by atoms with van der Waals surface area (Å²) >= 11 is 0. The molecule has 0 amide bonds. The number of hydrogen-bond acceptors (Lipinski definition) is 4. The molecule has 0 saturated carbocycles. The summed E-state index contributed by atoms with van der Waals surface area (Å²) < 4.78 is 32.4. The Balaban J connectivity index is 1.92. The number of sulfonamides is 1. The largest absolute Gasteiger partial charge is 0.375 e. The van der Waals surface area contributed by atoms with Gasteiger partial charge >= 0.3 is 0 Å². The molecule has 0 aromatic carbocycles. The molecule has 2 aliphatic rings. The van der Waals surface area contributed by atoms with Gasteiger partial charge in [-0.3, -0.25) is 0 Å². The minimum absolute atomic E-state index is 0.0896. The van der Waals surface area contributed by atoms with Gasteiger partial charge in [-0.1, -0.05) is 0 Å². The number of primary sulfonamides is 1. The van der Waals surface area contributed by atoms with Crippen molar-refractivity contribution in [3.05, 3.63) is 0 Å². The monoisotopic (exact) mass is 207 g/mol. The van der Waals surface area contributed by atoms with E-state index in [2.05, 4.69) is 0 Å². The van der Waals surface area contributed by atoms with E-state index in [1.807, 2.05) is 0 Å². The maximum atomic E-state index is 10.8. The summed E-state index contributed by atoms with van der Waals surface area (Å²) in [6.45, 7) is 0.720. The smallest absolute Gasteiger partial charge is 0.211 e. The molecule has 0 aromatic heterocycles. The molecule has 2 N–H and O–H groups in total. The van der Waals surface area contributed by atoms with E-state index in [-0.39, 0.29) is 24.1 Å². The van der Waals surface area contributed by atoms with Crippen LogP contribution in [0.25, 0.3) is 0 Å². The van der Waals surface area contributed by atoms with Gasteiger partial charge in [0.05, 0.1) is 24.1 Å². The van der Waals surface area contributed by atoms with Crippen LogP contribution in [0.15, 0.2) is 0 Å². The molecule has 0 spiro atoms. The summed E-state index contributed by atoms with van der Waals surface area (Å²) in [4.78, 5) is 0. The number of fused-ring (bicyclic) bond motifs is 1. The first kappa shape index (κ1) is 9.39. The molecule has 2 heterocycles. The van der Waals surface area contributed by atoms with Crippen LogP contribution in [0.5, 0.6) is 0 Å². The lowest BCUT2D eigenvalue weighted by atomic mass is 10.1. The molecule has 76 valence electrons. The van der Waals surface area contributed by atoms with Gasteiger partial charge in [0, 0.05) is 13.0 Å².